The van der Waals surface area contributed by atoms with Crippen molar-refractivity contribution in [3.8, 4) is 0 Å². The molecule has 0 radical (unpaired) electrons. The molecule has 2 heterocycles. The van der Waals surface area contributed by atoms with Crippen LogP contribution in [-0.4, -0.2) is 40.4 Å². The molecule has 0 aliphatic carbocycles. The van der Waals surface area contributed by atoms with Crippen molar-refractivity contribution in [2.75, 3.05) is 6.54 Å². The first kappa shape index (κ1) is 16.5. The van der Waals surface area contributed by atoms with Crippen LogP contribution >= 0.6 is 11.3 Å². The first-order chi connectivity index (χ1) is 10.4. The normalized spacial score (nSPS) is 22.4. The van der Waals surface area contributed by atoms with Crippen LogP contribution in [-0.2, 0) is 14.4 Å². The number of carboxylic acids is 1. The van der Waals surface area contributed by atoms with Crippen molar-refractivity contribution >= 4 is 29.1 Å². The maximum absolute atomic E-state index is 12.5. The van der Waals surface area contributed by atoms with Crippen LogP contribution in [0.2, 0.25) is 0 Å². The second-order valence-corrected chi connectivity index (χ2v) is 6.51. The number of nitrogens with zero attached hydrogens (tertiary/aromatic N) is 1. The fraction of sp³-hybridized carbons (Fsp3) is 0.533. The minimum atomic E-state index is -0.862. The third kappa shape index (κ3) is 3.65. The summed E-state index contributed by atoms with van der Waals surface area (Å²) in [5.41, 5.74) is 0. The van der Waals surface area contributed by atoms with E-state index in [0.29, 0.717) is 13.0 Å². The molecule has 7 heteroatoms. The van der Waals surface area contributed by atoms with Crippen LogP contribution in [0.4, 0.5) is 0 Å². The third-order valence-corrected chi connectivity index (χ3v) is 5.02. The standard InChI is InChI=1S/C15H20N2O4S/c1-9-11(15(20)21)5-6-17(9)14(19)8-12(16-10(2)18)13-4-3-7-22-13/h3-4,7,9,11-12H,5-6,8H2,1-2H3,(H,16,18)(H,20,21). The van der Waals surface area contributed by atoms with E-state index in [9.17, 15) is 14.4 Å². The highest BCUT2D eigenvalue weighted by atomic mass is 32.1. The van der Waals surface area contributed by atoms with Crippen LogP contribution < -0.4 is 5.32 Å². The van der Waals surface area contributed by atoms with E-state index in [1.807, 2.05) is 17.5 Å². The number of nitrogens with one attached hydrogen (secondary N) is 1. The number of thiophene rings is 1. The quantitative estimate of drug-likeness (QED) is 0.862. The predicted octanol–water partition coefficient (Wildman–Crippen LogP) is 1.64. The van der Waals surface area contributed by atoms with Crippen molar-refractivity contribution in [3.63, 3.8) is 0 Å². The molecule has 6 nitrogen and oxygen atoms in total. The number of rotatable bonds is 5. The Morgan fingerprint density at radius 3 is 2.73 bits per heavy atom. The number of likely N-dealkylation sites (tertiary alicyclic amines) is 1. The maximum atomic E-state index is 12.5. The van der Waals surface area contributed by atoms with Gasteiger partial charge in [0.25, 0.3) is 0 Å². The Morgan fingerprint density at radius 1 is 1.50 bits per heavy atom. The largest absolute Gasteiger partial charge is 0.481 e. The van der Waals surface area contributed by atoms with Gasteiger partial charge in [-0.05, 0) is 24.8 Å². The van der Waals surface area contributed by atoms with E-state index in [4.69, 9.17) is 5.11 Å². The van der Waals surface area contributed by atoms with E-state index >= 15 is 0 Å². The number of hydrogen-bond acceptors (Lipinski definition) is 4. The molecule has 0 aromatic carbocycles. The third-order valence-electron chi connectivity index (χ3n) is 4.04. The summed E-state index contributed by atoms with van der Waals surface area (Å²) in [6.07, 6.45) is 0.628. The fourth-order valence-electron chi connectivity index (χ4n) is 2.87. The van der Waals surface area contributed by atoms with Crippen LogP contribution in [0, 0.1) is 5.92 Å². The molecular formula is C15H20N2O4S. The molecule has 120 valence electrons. The average molecular weight is 324 g/mol. The van der Waals surface area contributed by atoms with Gasteiger partial charge in [-0.25, -0.2) is 0 Å². The zero-order valence-electron chi connectivity index (χ0n) is 12.6. The van der Waals surface area contributed by atoms with Crippen molar-refractivity contribution < 1.29 is 19.5 Å². The van der Waals surface area contributed by atoms with Gasteiger partial charge in [0.2, 0.25) is 11.8 Å². The molecular weight excluding hydrogens is 304 g/mol. The van der Waals surface area contributed by atoms with E-state index in [1.165, 1.54) is 18.3 Å². The molecule has 0 saturated carbocycles. The summed E-state index contributed by atoms with van der Waals surface area (Å²) < 4.78 is 0. The van der Waals surface area contributed by atoms with E-state index in [1.54, 1.807) is 11.8 Å². The Morgan fingerprint density at radius 2 is 2.23 bits per heavy atom. The molecule has 3 unspecified atom stereocenters. The Labute approximate surface area is 133 Å². The van der Waals surface area contributed by atoms with Crippen LogP contribution in [0.15, 0.2) is 17.5 Å². The Kier molecular flexibility index (Phi) is 5.18. The summed E-state index contributed by atoms with van der Waals surface area (Å²) in [5, 5.41) is 13.8. The summed E-state index contributed by atoms with van der Waals surface area (Å²) >= 11 is 1.48. The zero-order chi connectivity index (χ0) is 16.3. The molecule has 0 spiro atoms. The van der Waals surface area contributed by atoms with Gasteiger partial charge >= 0.3 is 5.97 Å². The molecule has 1 saturated heterocycles. The van der Waals surface area contributed by atoms with Crippen molar-refractivity contribution in [3.05, 3.63) is 22.4 Å². The summed E-state index contributed by atoms with van der Waals surface area (Å²) in [4.78, 5) is 37.5. The van der Waals surface area contributed by atoms with Crippen LogP contribution in [0.1, 0.15) is 37.6 Å². The maximum Gasteiger partial charge on any atom is 0.308 e. The Balaban J connectivity index is 2.05. The number of carbonyl (C=O) groups is 3. The van der Waals surface area contributed by atoms with E-state index in [0.717, 1.165) is 4.88 Å². The monoisotopic (exact) mass is 324 g/mol. The number of aliphatic carboxylic acids is 1. The second-order valence-electron chi connectivity index (χ2n) is 5.53. The van der Waals surface area contributed by atoms with Crippen LogP contribution in [0.3, 0.4) is 0 Å². The molecule has 2 rings (SSSR count). The summed E-state index contributed by atoms with van der Waals surface area (Å²) in [6.45, 7) is 3.64. The summed E-state index contributed by atoms with van der Waals surface area (Å²) in [6, 6.07) is 3.08. The smallest absolute Gasteiger partial charge is 0.308 e. The molecule has 1 aliphatic heterocycles. The lowest BCUT2D eigenvalue weighted by Crippen LogP contribution is -2.40. The highest BCUT2D eigenvalue weighted by Crippen LogP contribution is 2.28. The van der Waals surface area contributed by atoms with Gasteiger partial charge in [-0.3, -0.25) is 14.4 Å². The first-order valence-electron chi connectivity index (χ1n) is 7.23. The lowest BCUT2D eigenvalue weighted by Gasteiger charge is -2.25. The van der Waals surface area contributed by atoms with Crippen molar-refractivity contribution in [2.45, 2.75) is 38.8 Å². The van der Waals surface area contributed by atoms with Crippen LogP contribution in [0.25, 0.3) is 0 Å². The fourth-order valence-corrected chi connectivity index (χ4v) is 3.65. The topological polar surface area (TPSA) is 86.7 Å². The lowest BCUT2D eigenvalue weighted by atomic mass is 10.0. The van der Waals surface area contributed by atoms with Gasteiger partial charge in [0.1, 0.15) is 0 Å². The zero-order valence-corrected chi connectivity index (χ0v) is 13.4. The summed E-state index contributed by atoms with van der Waals surface area (Å²) in [5.74, 6) is -1.68. The van der Waals surface area contributed by atoms with Gasteiger partial charge in [0, 0.05) is 24.4 Å². The van der Waals surface area contributed by atoms with Gasteiger partial charge < -0.3 is 15.3 Å². The predicted molar refractivity (Wildman–Crippen MR) is 82.4 cm³/mol. The van der Waals surface area contributed by atoms with Crippen LogP contribution in [0.5, 0.6) is 0 Å². The van der Waals surface area contributed by atoms with Crippen molar-refractivity contribution in [1.29, 1.82) is 0 Å². The molecule has 2 amide bonds. The first-order valence-corrected chi connectivity index (χ1v) is 8.11. The highest BCUT2D eigenvalue weighted by Gasteiger charge is 2.38. The lowest BCUT2D eigenvalue weighted by molar-refractivity contribution is -0.143. The van der Waals surface area contributed by atoms with Crippen molar-refractivity contribution in [1.82, 2.24) is 10.2 Å². The van der Waals surface area contributed by atoms with Gasteiger partial charge in [0.15, 0.2) is 0 Å². The van der Waals surface area contributed by atoms with Gasteiger partial charge in [-0.2, -0.15) is 0 Å². The number of carbonyl (C=O) groups excluding carboxylic acids is 2. The van der Waals surface area contributed by atoms with Gasteiger partial charge in [-0.1, -0.05) is 6.07 Å². The molecule has 1 fully saturated rings. The number of carboxylic acid groups (broad SMARTS) is 1. The molecule has 1 aromatic rings. The average Bonchev–Trinajstić information content (AvgIpc) is 3.06. The molecule has 22 heavy (non-hydrogen) atoms. The van der Waals surface area contributed by atoms with Crippen molar-refractivity contribution in [2.24, 2.45) is 5.92 Å². The van der Waals surface area contributed by atoms with Gasteiger partial charge in [0.05, 0.1) is 18.4 Å². The minimum Gasteiger partial charge on any atom is -0.481 e. The highest BCUT2D eigenvalue weighted by molar-refractivity contribution is 7.10. The molecule has 0 bridgehead atoms. The SMILES string of the molecule is CC(=O)NC(CC(=O)N1CCC(C(=O)O)C1C)c1cccs1. The minimum absolute atomic E-state index is 0.122. The van der Waals surface area contributed by atoms with E-state index in [2.05, 4.69) is 5.32 Å². The summed E-state index contributed by atoms with van der Waals surface area (Å²) in [7, 11) is 0. The Bertz CT molecular complexity index is 558. The Hall–Kier alpha value is -1.89. The van der Waals surface area contributed by atoms with Gasteiger partial charge in [-0.15, -0.1) is 11.3 Å². The second kappa shape index (κ2) is 6.91. The number of amides is 2. The molecule has 1 aliphatic rings. The van der Waals surface area contributed by atoms with E-state index in [-0.39, 0.29) is 30.3 Å². The van der Waals surface area contributed by atoms with E-state index < -0.39 is 11.9 Å². The molecule has 3 atom stereocenters. The molecule has 2 N–H and O–H groups in total. The molecule has 1 aromatic heterocycles. The number of hydrogen-bond donors (Lipinski definition) is 2.